The van der Waals surface area contributed by atoms with E-state index >= 15 is 0 Å². The molecule has 0 atom stereocenters. The standard InChI is InChI=1S/C21H26FN3O4S/c1-23(2)10-11-24(13-17-6-4-5-7-18(17)22)21(26)15-30-14-16-8-9-20(29-3)19(12-16)25(27)28/h4-9,12H,10-11,13-15H2,1-3H3. The van der Waals surface area contributed by atoms with Crippen molar-refractivity contribution in [2.75, 3.05) is 40.0 Å². The van der Waals surface area contributed by atoms with Crippen molar-refractivity contribution in [3.8, 4) is 5.75 Å². The van der Waals surface area contributed by atoms with Gasteiger partial charge >= 0.3 is 5.69 Å². The van der Waals surface area contributed by atoms with Gasteiger partial charge in [-0.3, -0.25) is 14.9 Å². The Bertz CT molecular complexity index is 879. The zero-order valence-electron chi connectivity index (χ0n) is 17.3. The third-order valence-corrected chi connectivity index (χ3v) is 5.41. The minimum Gasteiger partial charge on any atom is -0.490 e. The minimum absolute atomic E-state index is 0.103. The molecule has 2 aromatic rings. The van der Waals surface area contributed by atoms with Crippen LogP contribution in [0.2, 0.25) is 0 Å². The van der Waals surface area contributed by atoms with Crippen LogP contribution in [0.15, 0.2) is 42.5 Å². The molecule has 2 rings (SSSR count). The van der Waals surface area contributed by atoms with Gasteiger partial charge in [-0.05, 0) is 31.8 Å². The molecular weight excluding hydrogens is 409 g/mol. The second kappa shape index (κ2) is 11.5. The number of ether oxygens (including phenoxy) is 1. The Morgan fingerprint density at radius 2 is 1.93 bits per heavy atom. The molecule has 0 fully saturated rings. The normalized spacial score (nSPS) is 10.8. The summed E-state index contributed by atoms with van der Waals surface area (Å²) in [5, 5.41) is 11.2. The van der Waals surface area contributed by atoms with Crippen LogP contribution in [0.25, 0.3) is 0 Å². The Labute approximate surface area is 180 Å². The highest BCUT2D eigenvalue weighted by Crippen LogP contribution is 2.29. The van der Waals surface area contributed by atoms with Gasteiger partial charge in [-0.1, -0.05) is 24.3 Å². The van der Waals surface area contributed by atoms with E-state index < -0.39 is 4.92 Å². The van der Waals surface area contributed by atoms with Gasteiger partial charge in [-0.15, -0.1) is 11.8 Å². The molecule has 0 aliphatic heterocycles. The van der Waals surface area contributed by atoms with E-state index in [2.05, 4.69) is 0 Å². The number of methoxy groups -OCH3 is 1. The van der Waals surface area contributed by atoms with Gasteiger partial charge in [0, 0.05) is 37.0 Å². The fourth-order valence-corrected chi connectivity index (χ4v) is 3.63. The molecule has 0 aliphatic carbocycles. The number of likely N-dealkylation sites (N-methyl/N-ethyl adjacent to an activating group) is 1. The van der Waals surface area contributed by atoms with Gasteiger partial charge in [0.2, 0.25) is 5.91 Å². The van der Waals surface area contributed by atoms with Crippen LogP contribution in [0.4, 0.5) is 10.1 Å². The average Bonchev–Trinajstić information content (AvgIpc) is 2.71. The SMILES string of the molecule is COc1ccc(CSCC(=O)N(CCN(C)C)Cc2ccccc2F)cc1[N+](=O)[O-]. The van der Waals surface area contributed by atoms with Gasteiger partial charge in [-0.25, -0.2) is 4.39 Å². The molecule has 7 nitrogen and oxygen atoms in total. The Morgan fingerprint density at radius 3 is 2.57 bits per heavy atom. The lowest BCUT2D eigenvalue weighted by Gasteiger charge is -2.24. The number of nitro groups is 1. The highest BCUT2D eigenvalue weighted by atomic mass is 32.2. The summed E-state index contributed by atoms with van der Waals surface area (Å²) >= 11 is 1.36. The van der Waals surface area contributed by atoms with Crippen LogP contribution in [-0.4, -0.2) is 60.7 Å². The Balaban J connectivity index is 2.00. The molecule has 0 saturated carbocycles. The van der Waals surface area contributed by atoms with Crippen LogP contribution in [0.5, 0.6) is 5.75 Å². The van der Waals surface area contributed by atoms with E-state index in [-0.39, 0.29) is 35.5 Å². The molecule has 162 valence electrons. The lowest BCUT2D eigenvalue weighted by atomic mass is 10.2. The van der Waals surface area contributed by atoms with E-state index in [1.165, 1.54) is 31.0 Å². The molecule has 0 spiro atoms. The van der Waals surface area contributed by atoms with Crippen LogP contribution in [0.3, 0.4) is 0 Å². The Hall–Kier alpha value is -2.65. The number of halogens is 1. The van der Waals surface area contributed by atoms with Crippen molar-refractivity contribution in [2.45, 2.75) is 12.3 Å². The van der Waals surface area contributed by atoms with E-state index in [0.29, 0.717) is 24.4 Å². The summed E-state index contributed by atoms with van der Waals surface area (Å²) in [5.74, 6) is 0.399. The average molecular weight is 436 g/mol. The molecule has 30 heavy (non-hydrogen) atoms. The largest absolute Gasteiger partial charge is 0.490 e. The number of nitro benzene ring substituents is 1. The molecule has 0 radical (unpaired) electrons. The van der Waals surface area contributed by atoms with Crippen LogP contribution in [-0.2, 0) is 17.1 Å². The second-order valence-electron chi connectivity index (χ2n) is 6.97. The molecular formula is C21H26FN3O4S. The fraction of sp³-hybridized carbons (Fsp3) is 0.381. The van der Waals surface area contributed by atoms with Crippen molar-refractivity contribution in [1.29, 1.82) is 0 Å². The van der Waals surface area contributed by atoms with E-state index in [1.807, 2.05) is 19.0 Å². The highest BCUT2D eigenvalue weighted by molar-refractivity contribution is 7.99. The Morgan fingerprint density at radius 1 is 1.20 bits per heavy atom. The van der Waals surface area contributed by atoms with Gasteiger partial charge in [0.1, 0.15) is 5.82 Å². The van der Waals surface area contributed by atoms with E-state index in [0.717, 1.165) is 5.56 Å². The number of hydrogen-bond acceptors (Lipinski definition) is 6. The Kier molecular flexibility index (Phi) is 9.07. The lowest BCUT2D eigenvalue weighted by Crippen LogP contribution is -2.37. The first-order chi connectivity index (χ1) is 14.3. The van der Waals surface area contributed by atoms with Gasteiger partial charge < -0.3 is 14.5 Å². The summed E-state index contributed by atoms with van der Waals surface area (Å²) in [6.07, 6.45) is 0. The number of amides is 1. The predicted molar refractivity (Wildman–Crippen MR) is 116 cm³/mol. The molecule has 0 N–H and O–H groups in total. The number of rotatable bonds is 11. The highest BCUT2D eigenvalue weighted by Gasteiger charge is 2.18. The quantitative estimate of drug-likeness (QED) is 0.397. The number of carbonyl (C=O) groups excluding carboxylic acids is 1. The maximum absolute atomic E-state index is 14.0. The molecule has 0 saturated heterocycles. The van der Waals surface area contributed by atoms with Gasteiger partial charge in [0.15, 0.2) is 5.75 Å². The van der Waals surface area contributed by atoms with Gasteiger partial charge in [0.05, 0.1) is 17.8 Å². The zero-order chi connectivity index (χ0) is 22.1. The number of carbonyl (C=O) groups is 1. The zero-order valence-corrected chi connectivity index (χ0v) is 18.2. The van der Waals surface area contributed by atoms with Crippen molar-refractivity contribution >= 4 is 23.4 Å². The third-order valence-electron chi connectivity index (χ3n) is 4.42. The topological polar surface area (TPSA) is 75.9 Å². The van der Waals surface area contributed by atoms with Crippen molar-refractivity contribution in [2.24, 2.45) is 0 Å². The summed E-state index contributed by atoms with van der Waals surface area (Å²) < 4.78 is 19.0. The number of nitrogens with zero attached hydrogens (tertiary/aromatic N) is 3. The summed E-state index contributed by atoms with van der Waals surface area (Å²) in [7, 11) is 5.21. The first-order valence-corrected chi connectivity index (χ1v) is 10.5. The molecule has 2 aromatic carbocycles. The van der Waals surface area contributed by atoms with Crippen molar-refractivity contribution in [1.82, 2.24) is 9.80 Å². The van der Waals surface area contributed by atoms with Crippen LogP contribution >= 0.6 is 11.8 Å². The number of thioether (sulfide) groups is 1. The number of benzene rings is 2. The summed E-state index contributed by atoms with van der Waals surface area (Å²) in [6, 6.07) is 11.2. The molecule has 0 bridgehead atoms. The van der Waals surface area contributed by atoms with E-state index in [9.17, 15) is 19.3 Å². The molecule has 0 unspecified atom stereocenters. The first kappa shape index (κ1) is 23.6. The summed E-state index contributed by atoms with van der Waals surface area (Å²) in [6.45, 7) is 1.35. The molecule has 0 heterocycles. The van der Waals surface area contributed by atoms with Crippen LogP contribution < -0.4 is 4.74 Å². The van der Waals surface area contributed by atoms with E-state index in [4.69, 9.17) is 4.74 Å². The summed E-state index contributed by atoms with van der Waals surface area (Å²) in [5.41, 5.74) is 1.10. The van der Waals surface area contributed by atoms with Crippen molar-refractivity contribution in [3.63, 3.8) is 0 Å². The van der Waals surface area contributed by atoms with Gasteiger partial charge in [-0.2, -0.15) is 0 Å². The number of hydrogen-bond donors (Lipinski definition) is 0. The van der Waals surface area contributed by atoms with Crippen molar-refractivity contribution in [3.05, 3.63) is 69.5 Å². The monoisotopic (exact) mass is 435 g/mol. The van der Waals surface area contributed by atoms with Crippen molar-refractivity contribution < 1.29 is 18.8 Å². The molecule has 1 amide bonds. The lowest BCUT2D eigenvalue weighted by molar-refractivity contribution is -0.385. The van der Waals surface area contributed by atoms with Gasteiger partial charge in [0.25, 0.3) is 0 Å². The smallest absolute Gasteiger partial charge is 0.311 e. The van der Waals surface area contributed by atoms with Crippen LogP contribution in [0.1, 0.15) is 11.1 Å². The predicted octanol–water partition coefficient (Wildman–Crippen LogP) is 3.57. The molecule has 0 aliphatic rings. The first-order valence-electron chi connectivity index (χ1n) is 9.36. The summed E-state index contributed by atoms with van der Waals surface area (Å²) in [4.78, 5) is 27.0. The third kappa shape index (κ3) is 7.00. The fourth-order valence-electron chi connectivity index (χ4n) is 2.76. The molecule has 9 heteroatoms. The van der Waals surface area contributed by atoms with E-state index in [1.54, 1.807) is 35.2 Å². The minimum atomic E-state index is -0.491. The maximum atomic E-state index is 14.0. The molecule has 0 aromatic heterocycles. The van der Waals surface area contributed by atoms with Crippen LogP contribution in [0, 0.1) is 15.9 Å². The maximum Gasteiger partial charge on any atom is 0.311 e. The second-order valence-corrected chi connectivity index (χ2v) is 7.95.